The van der Waals surface area contributed by atoms with Gasteiger partial charge in [-0.05, 0) is 17.9 Å². The summed E-state index contributed by atoms with van der Waals surface area (Å²) >= 11 is 0. The molecule has 4 atom stereocenters. The number of Topliss-reactive ketones (excluding diaryl/α,β-unsaturated/α-hetero) is 1. The van der Waals surface area contributed by atoms with Crippen LogP contribution >= 0.6 is 0 Å². The fraction of sp³-hybridized carbons (Fsp3) is 0.688. The third-order valence-electron chi connectivity index (χ3n) is 3.80. The van der Waals surface area contributed by atoms with Gasteiger partial charge in [-0.15, -0.1) is 0 Å². The molecular weight excluding hydrogens is 240 g/mol. The zero-order valence-corrected chi connectivity index (χ0v) is 12.0. The van der Waals surface area contributed by atoms with Crippen molar-refractivity contribution in [2.45, 2.75) is 58.2 Å². The second-order valence-electron chi connectivity index (χ2n) is 5.68. The van der Waals surface area contributed by atoms with Gasteiger partial charge < -0.3 is 10.2 Å². The zero-order chi connectivity index (χ0) is 14.4. The smallest absolute Gasteiger partial charge is 0.161 e. The standard InChI is InChI=1S/C16H26O3/c1-4-5-6-11(2)9-13(17)7-8-14-12(3)15(18)10-16(14)19/h7-8,11,13-14,16-17,19H,3-6,9-10H2,1-2H3/b8-7+/t11-,13-,14-,16-/m1/s1. The number of aliphatic hydroxyl groups is 2. The van der Waals surface area contributed by atoms with Crippen LogP contribution in [0.1, 0.15) is 46.0 Å². The van der Waals surface area contributed by atoms with Gasteiger partial charge in [-0.1, -0.05) is 51.8 Å². The molecule has 3 nitrogen and oxygen atoms in total. The van der Waals surface area contributed by atoms with Crippen molar-refractivity contribution in [3.8, 4) is 0 Å². The summed E-state index contributed by atoms with van der Waals surface area (Å²) in [6.45, 7) is 8.00. The molecule has 3 heteroatoms. The molecule has 0 aromatic heterocycles. The number of hydrogen-bond acceptors (Lipinski definition) is 3. The molecule has 0 unspecified atom stereocenters. The van der Waals surface area contributed by atoms with Crippen molar-refractivity contribution in [1.82, 2.24) is 0 Å². The van der Waals surface area contributed by atoms with E-state index >= 15 is 0 Å². The first kappa shape index (κ1) is 16.1. The van der Waals surface area contributed by atoms with E-state index in [0.29, 0.717) is 11.5 Å². The van der Waals surface area contributed by atoms with Crippen LogP contribution in [-0.4, -0.2) is 28.2 Å². The molecule has 0 aliphatic heterocycles. The molecule has 108 valence electrons. The summed E-state index contributed by atoms with van der Waals surface area (Å²) in [6.07, 6.45) is 6.59. The lowest BCUT2D eigenvalue weighted by Gasteiger charge is -2.14. The highest BCUT2D eigenvalue weighted by Gasteiger charge is 2.33. The molecule has 0 saturated heterocycles. The predicted octanol–water partition coefficient (Wildman–Crippen LogP) is 2.63. The van der Waals surface area contributed by atoms with Crippen molar-refractivity contribution in [2.75, 3.05) is 0 Å². The van der Waals surface area contributed by atoms with Crippen molar-refractivity contribution in [3.63, 3.8) is 0 Å². The topological polar surface area (TPSA) is 57.5 Å². The molecule has 1 aliphatic rings. The Hall–Kier alpha value is -0.930. The summed E-state index contributed by atoms with van der Waals surface area (Å²) < 4.78 is 0. The first-order chi connectivity index (χ1) is 8.95. The molecular formula is C16H26O3. The molecule has 0 bridgehead atoms. The molecule has 0 amide bonds. The highest BCUT2D eigenvalue weighted by molar-refractivity contribution is 5.98. The van der Waals surface area contributed by atoms with Crippen LogP contribution in [0, 0.1) is 11.8 Å². The van der Waals surface area contributed by atoms with Crippen LogP contribution in [0.3, 0.4) is 0 Å². The van der Waals surface area contributed by atoms with Crippen LogP contribution in [0.15, 0.2) is 24.3 Å². The summed E-state index contributed by atoms with van der Waals surface area (Å²) in [7, 11) is 0. The van der Waals surface area contributed by atoms with Gasteiger partial charge in [0.25, 0.3) is 0 Å². The maximum atomic E-state index is 11.4. The lowest BCUT2D eigenvalue weighted by molar-refractivity contribution is -0.115. The van der Waals surface area contributed by atoms with E-state index in [1.807, 2.05) is 0 Å². The lowest BCUT2D eigenvalue weighted by Crippen LogP contribution is -2.14. The minimum atomic E-state index is -0.680. The summed E-state index contributed by atoms with van der Waals surface area (Å²) in [5.41, 5.74) is 0.454. The Morgan fingerprint density at radius 1 is 1.53 bits per heavy atom. The predicted molar refractivity (Wildman–Crippen MR) is 76.7 cm³/mol. The van der Waals surface area contributed by atoms with Gasteiger partial charge in [0.2, 0.25) is 0 Å². The first-order valence-corrected chi connectivity index (χ1v) is 7.22. The highest BCUT2D eigenvalue weighted by Crippen LogP contribution is 2.28. The summed E-state index contributed by atoms with van der Waals surface area (Å²) in [6, 6.07) is 0. The van der Waals surface area contributed by atoms with Crippen LogP contribution in [0.5, 0.6) is 0 Å². The number of aliphatic hydroxyl groups excluding tert-OH is 2. The Morgan fingerprint density at radius 3 is 2.74 bits per heavy atom. The SMILES string of the molecule is C=C1C(=O)C[C@@H](O)[C@@H]1/C=C/[C@@H](O)C[C@H](C)CCCC. The van der Waals surface area contributed by atoms with Crippen molar-refractivity contribution in [1.29, 1.82) is 0 Å². The minimum absolute atomic E-state index is 0.0760. The van der Waals surface area contributed by atoms with E-state index < -0.39 is 12.2 Å². The maximum Gasteiger partial charge on any atom is 0.161 e. The number of hydrogen-bond donors (Lipinski definition) is 2. The van der Waals surface area contributed by atoms with Crippen LogP contribution in [0.25, 0.3) is 0 Å². The second kappa shape index (κ2) is 7.61. The molecule has 0 aromatic carbocycles. The van der Waals surface area contributed by atoms with Crippen molar-refractivity contribution in [3.05, 3.63) is 24.3 Å². The fourth-order valence-electron chi connectivity index (χ4n) is 2.52. The highest BCUT2D eigenvalue weighted by atomic mass is 16.3. The number of rotatable bonds is 7. The largest absolute Gasteiger partial charge is 0.392 e. The minimum Gasteiger partial charge on any atom is -0.392 e. The van der Waals surface area contributed by atoms with Gasteiger partial charge in [0.15, 0.2) is 5.78 Å². The molecule has 1 aliphatic carbocycles. The van der Waals surface area contributed by atoms with Gasteiger partial charge in [0.1, 0.15) is 0 Å². The fourth-order valence-corrected chi connectivity index (χ4v) is 2.52. The molecule has 1 saturated carbocycles. The van der Waals surface area contributed by atoms with Gasteiger partial charge in [0.05, 0.1) is 12.2 Å². The summed E-state index contributed by atoms with van der Waals surface area (Å²) in [5.74, 6) is 0.0824. The van der Waals surface area contributed by atoms with Crippen LogP contribution in [0.2, 0.25) is 0 Å². The van der Waals surface area contributed by atoms with Crippen molar-refractivity contribution in [2.24, 2.45) is 11.8 Å². The number of carbonyl (C=O) groups is 1. The molecule has 0 aromatic rings. The van der Waals surface area contributed by atoms with Gasteiger partial charge in [-0.3, -0.25) is 4.79 Å². The normalized spacial score (nSPS) is 27.2. The maximum absolute atomic E-state index is 11.4. The van der Waals surface area contributed by atoms with Gasteiger partial charge in [0, 0.05) is 12.3 Å². The van der Waals surface area contributed by atoms with Crippen molar-refractivity contribution < 1.29 is 15.0 Å². The third-order valence-corrected chi connectivity index (χ3v) is 3.80. The average Bonchev–Trinajstić information content (AvgIpc) is 2.59. The van der Waals surface area contributed by atoms with Gasteiger partial charge in [-0.2, -0.15) is 0 Å². The van der Waals surface area contributed by atoms with E-state index in [4.69, 9.17) is 0 Å². The van der Waals surface area contributed by atoms with E-state index in [-0.39, 0.29) is 18.1 Å². The Bertz CT molecular complexity index is 346. The molecule has 0 spiro atoms. The van der Waals surface area contributed by atoms with E-state index in [1.165, 1.54) is 12.8 Å². The third kappa shape index (κ3) is 4.92. The van der Waals surface area contributed by atoms with E-state index in [1.54, 1.807) is 12.2 Å². The zero-order valence-electron chi connectivity index (χ0n) is 12.0. The summed E-state index contributed by atoms with van der Waals surface area (Å²) in [5, 5.41) is 19.7. The molecule has 1 fully saturated rings. The van der Waals surface area contributed by atoms with Crippen molar-refractivity contribution >= 4 is 5.78 Å². The molecule has 19 heavy (non-hydrogen) atoms. The first-order valence-electron chi connectivity index (χ1n) is 7.22. The van der Waals surface area contributed by atoms with Gasteiger partial charge in [-0.25, -0.2) is 0 Å². The van der Waals surface area contributed by atoms with Gasteiger partial charge >= 0.3 is 0 Å². The molecule has 2 N–H and O–H groups in total. The Kier molecular flexibility index (Phi) is 6.46. The Labute approximate surface area is 116 Å². The number of unbranched alkanes of at least 4 members (excludes halogenated alkanes) is 1. The van der Waals surface area contributed by atoms with Crippen LogP contribution in [0.4, 0.5) is 0 Å². The molecule has 1 rings (SSSR count). The van der Waals surface area contributed by atoms with E-state index in [9.17, 15) is 15.0 Å². The molecule has 0 heterocycles. The number of ketones is 1. The van der Waals surface area contributed by atoms with Crippen LogP contribution in [-0.2, 0) is 4.79 Å². The average molecular weight is 266 g/mol. The quantitative estimate of drug-likeness (QED) is 0.550. The number of carbonyl (C=O) groups excluding carboxylic acids is 1. The molecule has 0 radical (unpaired) electrons. The Morgan fingerprint density at radius 2 is 2.21 bits per heavy atom. The van der Waals surface area contributed by atoms with E-state index in [0.717, 1.165) is 12.8 Å². The summed E-state index contributed by atoms with van der Waals surface area (Å²) in [4.78, 5) is 11.4. The Balaban J connectivity index is 2.43. The van der Waals surface area contributed by atoms with Crippen LogP contribution < -0.4 is 0 Å². The van der Waals surface area contributed by atoms with E-state index in [2.05, 4.69) is 20.4 Å². The lowest BCUT2D eigenvalue weighted by atomic mass is 9.95. The second-order valence-corrected chi connectivity index (χ2v) is 5.68. The monoisotopic (exact) mass is 266 g/mol.